The van der Waals surface area contributed by atoms with Crippen LogP contribution in [0.25, 0.3) is 99.6 Å². The number of aromatic nitrogens is 2. The molecule has 0 atom stereocenters. The van der Waals surface area contributed by atoms with Crippen LogP contribution in [0.2, 0.25) is 0 Å². The zero-order chi connectivity index (χ0) is 38.1. The molecule has 57 heavy (non-hydrogen) atoms. The Hall–Kier alpha value is -7.16. The Morgan fingerprint density at radius 1 is 0.333 bits per heavy atom. The first kappa shape index (κ1) is 33.2. The van der Waals surface area contributed by atoms with Gasteiger partial charge < -0.3 is 0 Å². The smallest absolute Gasteiger partial charge is 0.160 e. The summed E-state index contributed by atoms with van der Waals surface area (Å²) >= 11 is 0. The first-order valence-electron chi connectivity index (χ1n) is 19.7. The molecule has 2 heteroatoms. The molecule has 0 amide bonds. The summed E-state index contributed by atoms with van der Waals surface area (Å²) in [7, 11) is 0. The van der Waals surface area contributed by atoms with Gasteiger partial charge in [0.1, 0.15) is 0 Å². The Labute approximate surface area is 332 Å². The van der Waals surface area contributed by atoms with Crippen LogP contribution in [0.1, 0.15) is 25.0 Å². The van der Waals surface area contributed by atoms with Gasteiger partial charge in [-0.2, -0.15) is 0 Å². The molecule has 1 aromatic heterocycles. The third kappa shape index (κ3) is 5.33. The predicted molar refractivity (Wildman–Crippen MR) is 239 cm³/mol. The fraction of sp³-hybridized carbons (Fsp3) is 0.0545. The summed E-state index contributed by atoms with van der Waals surface area (Å²) in [5, 5.41) is 7.41. The lowest BCUT2D eigenvalue weighted by atomic mass is 9.82. The van der Waals surface area contributed by atoms with Crippen molar-refractivity contribution in [3.8, 4) is 67.3 Å². The minimum atomic E-state index is -0.0679. The molecule has 9 aromatic carbocycles. The lowest BCUT2D eigenvalue weighted by Crippen LogP contribution is -2.14. The number of fused-ring (bicyclic) bond motifs is 7. The SMILES string of the molecule is CC1(C)c2ccccc2-c2c(-c3cccc(-c4cc(-c5ccccc5-c5c6ccccc6cc6c5ccc5ccccc56)nc(-c5ccccc5)n4)c3)cccc21. The van der Waals surface area contributed by atoms with Crippen molar-refractivity contribution < 1.29 is 0 Å². The van der Waals surface area contributed by atoms with Gasteiger partial charge in [0.25, 0.3) is 0 Å². The van der Waals surface area contributed by atoms with E-state index in [1.165, 1.54) is 71.3 Å². The number of nitrogens with zero attached hydrogens (tertiary/aromatic N) is 2. The number of hydrogen-bond donors (Lipinski definition) is 0. The van der Waals surface area contributed by atoms with E-state index in [2.05, 4.69) is 202 Å². The molecular formula is C55H38N2. The molecule has 0 aliphatic heterocycles. The van der Waals surface area contributed by atoms with Crippen molar-refractivity contribution in [3.05, 3.63) is 205 Å². The van der Waals surface area contributed by atoms with Gasteiger partial charge in [0.15, 0.2) is 5.82 Å². The Morgan fingerprint density at radius 2 is 0.947 bits per heavy atom. The summed E-state index contributed by atoms with van der Waals surface area (Å²) in [6, 6.07) is 70.2. The highest BCUT2D eigenvalue weighted by atomic mass is 14.9. The van der Waals surface area contributed by atoms with E-state index < -0.39 is 0 Å². The van der Waals surface area contributed by atoms with E-state index in [-0.39, 0.29) is 5.41 Å². The number of benzene rings is 9. The van der Waals surface area contributed by atoms with Crippen molar-refractivity contribution in [2.75, 3.05) is 0 Å². The molecule has 1 heterocycles. The maximum Gasteiger partial charge on any atom is 0.160 e. The van der Waals surface area contributed by atoms with E-state index in [0.717, 1.165) is 33.6 Å². The molecule has 0 saturated carbocycles. The van der Waals surface area contributed by atoms with Crippen LogP contribution < -0.4 is 0 Å². The lowest BCUT2D eigenvalue weighted by molar-refractivity contribution is 0.660. The van der Waals surface area contributed by atoms with E-state index in [0.29, 0.717) is 5.82 Å². The maximum atomic E-state index is 5.35. The zero-order valence-electron chi connectivity index (χ0n) is 31.9. The van der Waals surface area contributed by atoms with Gasteiger partial charge in [0.2, 0.25) is 0 Å². The van der Waals surface area contributed by atoms with Gasteiger partial charge in [-0.05, 0) is 95.0 Å². The largest absolute Gasteiger partial charge is 0.228 e. The van der Waals surface area contributed by atoms with Crippen LogP contribution in [0.4, 0.5) is 0 Å². The van der Waals surface area contributed by atoms with E-state index in [1.54, 1.807) is 0 Å². The van der Waals surface area contributed by atoms with Crippen LogP contribution in [-0.4, -0.2) is 9.97 Å². The molecule has 0 spiro atoms. The summed E-state index contributed by atoms with van der Waals surface area (Å²) in [4.78, 5) is 10.6. The summed E-state index contributed by atoms with van der Waals surface area (Å²) in [6.45, 7) is 4.68. The second-order valence-corrected chi connectivity index (χ2v) is 15.7. The molecule has 0 bridgehead atoms. The fourth-order valence-electron chi connectivity index (χ4n) is 9.33. The Morgan fingerprint density at radius 3 is 1.81 bits per heavy atom. The van der Waals surface area contributed by atoms with Gasteiger partial charge in [-0.3, -0.25) is 0 Å². The average molecular weight is 727 g/mol. The molecule has 0 saturated heterocycles. The van der Waals surface area contributed by atoms with Crippen LogP contribution in [0.3, 0.4) is 0 Å². The van der Waals surface area contributed by atoms with Crippen LogP contribution in [0.5, 0.6) is 0 Å². The highest BCUT2D eigenvalue weighted by Crippen LogP contribution is 2.52. The Kier molecular flexibility index (Phi) is 7.55. The van der Waals surface area contributed by atoms with Crippen molar-refractivity contribution >= 4 is 32.3 Å². The Balaban J connectivity index is 1.13. The van der Waals surface area contributed by atoms with Crippen molar-refractivity contribution in [3.63, 3.8) is 0 Å². The van der Waals surface area contributed by atoms with Crippen LogP contribution in [-0.2, 0) is 5.41 Å². The van der Waals surface area contributed by atoms with Crippen molar-refractivity contribution in [1.82, 2.24) is 9.97 Å². The van der Waals surface area contributed by atoms with Gasteiger partial charge in [-0.15, -0.1) is 0 Å². The first-order valence-corrected chi connectivity index (χ1v) is 19.7. The van der Waals surface area contributed by atoms with Gasteiger partial charge >= 0.3 is 0 Å². The average Bonchev–Trinajstić information content (AvgIpc) is 3.51. The van der Waals surface area contributed by atoms with Crippen LogP contribution in [0.15, 0.2) is 194 Å². The molecule has 1 aliphatic rings. The predicted octanol–water partition coefficient (Wildman–Crippen LogP) is 14.6. The standard InChI is InChI=1S/C55H38N2/c1-55(2)48-28-13-12-26-46(48)53-42(27-15-29-49(53)55)37-20-14-21-39(32-37)50-34-51(57-54(56-50)36-17-4-3-5-18-36)43-24-10-11-25-44(43)52-41-23-9-7-19-38(41)33-47-40-22-8-6-16-35(40)30-31-45(47)52/h3-34H,1-2H3. The molecule has 268 valence electrons. The summed E-state index contributed by atoms with van der Waals surface area (Å²) in [5.74, 6) is 0.702. The monoisotopic (exact) mass is 726 g/mol. The molecule has 11 rings (SSSR count). The molecule has 0 unspecified atom stereocenters. The number of rotatable bonds is 5. The summed E-state index contributed by atoms with van der Waals surface area (Å²) < 4.78 is 0. The van der Waals surface area contributed by atoms with Crippen LogP contribution >= 0.6 is 0 Å². The highest BCUT2D eigenvalue weighted by molar-refractivity contribution is 6.21. The Bertz CT molecular complexity index is 3210. The number of hydrogen-bond acceptors (Lipinski definition) is 2. The molecule has 2 nitrogen and oxygen atoms in total. The topological polar surface area (TPSA) is 25.8 Å². The maximum absolute atomic E-state index is 5.35. The molecule has 0 fully saturated rings. The third-order valence-corrected chi connectivity index (χ3v) is 12.1. The second kappa shape index (κ2) is 13.0. The minimum Gasteiger partial charge on any atom is -0.228 e. The van der Waals surface area contributed by atoms with Crippen molar-refractivity contribution in [2.24, 2.45) is 0 Å². The van der Waals surface area contributed by atoms with Crippen molar-refractivity contribution in [2.45, 2.75) is 19.3 Å². The van der Waals surface area contributed by atoms with Crippen molar-refractivity contribution in [1.29, 1.82) is 0 Å². The molecule has 0 N–H and O–H groups in total. The highest BCUT2D eigenvalue weighted by Gasteiger charge is 2.36. The van der Waals surface area contributed by atoms with Gasteiger partial charge in [0, 0.05) is 22.1 Å². The molecule has 10 aromatic rings. The second-order valence-electron chi connectivity index (χ2n) is 15.7. The summed E-state index contributed by atoms with van der Waals surface area (Å²) in [6.07, 6.45) is 0. The first-order chi connectivity index (χ1) is 28.0. The van der Waals surface area contributed by atoms with Crippen LogP contribution in [0, 0.1) is 0 Å². The molecular weight excluding hydrogens is 689 g/mol. The minimum absolute atomic E-state index is 0.0679. The van der Waals surface area contributed by atoms with E-state index in [9.17, 15) is 0 Å². The normalized spacial score (nSPS) is 12.9. The third-order valence-electron chi connectivity index (χ3n) is 12.1. The summed E-state index contributed by atoms with van der Waals surface area (Å²) in [5.41, 5.74) is 15.0. The van der Waals surface area contributed by atoms with E-state index in [4.69, 9.17) is 9.97 Å². The van der Waals surface area contributed by atoms with E-state index in [1.807, 2.05) is 6.07 Å². The van der Waals surface area contributed by atoms with Gasteiger partial charge in [-0.1, -0.05) is 190 Å². The van der Waals surface area contributed by atoms with E-state index >= 15 is 0 Å². The molecule has 1 aliphatic carbocycles. The quantitative estimate of drug-likeness (QED) is 0.130. The van der Waals surface area contributed by atoms with Gasteiger partial charge in [-0.25, -0.2) is 9.97 Å². The van der Waals surface area contributed by atoms with Gasteiger partial charge in [0.05, 0.1) is 11.4 Å². The molecule has 0 radical (unpaired) electrons. The fourth-order valence-corrected chi connectivity index (χ4v) is 9.33. The lowest BCUT2D eigenvalue weighted by Gasteiger charge is -2.21. The zero-order valence-corrected chi connectivity index (χ0v) is 31.9.